The van der Waals surface area contributed by atoms with Crippen molar-refractivity contribution in [3.8, 4) is 0 Å². The molecule has 1 aliphatic heterocycles. The molecule has 0 N–H and O–H groups in total. The number of rotatable bonds is 3. The van der Waals surface area contributed by atoms with Gasteiger partial charge in [0.1, 0.15) is 0 Å². The van der Waals surface area contributed by atoms with Crippen LogP contribution in [0.1, 0.15) is 23.6 Å². The number of hydrogen-bond donors (Lipinski definition) is 0. The summed E-state index contributed by atoms with van der Waals surface area (Å²) in [6.45, 7) is 5.56. The first-order valence-corrected chi connectivity index (χ1v) is 9.77. The van der Waals surface area contributed by atoms with Crippen molar-refractivity contribution in [3.63, 3.8) is 0 Å². The fourth-order valence-corrected chi connectivity index (χ4v) is 3.16. The minimum Gasteiger partial charge on any atom is -0.274 e. The van der Waals surface area contributed by atoms with Crippen molar-refractivity contribution >= 4 is 34.8 Å². The Hall–Kier alpha value is -3.86. The highest BCUT2D eigenvalue weighted by molar-refractivity contribution is 6.55. The molecule has 148 valence electrons. The van der Waals surface area contributed by atoms with Gasteiger partial charge in [-0.3, -0.25) is 9.69 Å². The molecule has 0 unspecified atom stereocenters. The first-order valence-electron chi connectivity index (χ1n) is 9.77. The largest absolute Gasteiger partial charge is 0.274 e. The lowest BCUT2D eigenvalue weighted by Gasteiger charge is -2.20. The van der Waals surface area contributed by atoms with E-state index in [-0.39, 0.29) is 5.91 Å². The van der Waals surface area contributed by atoms with Gasteiger partial charge in [-0.2, -0.15) is 0 Å². The summed E-state index contributed by atoms with van der Waals surface area (Å²) in [6.07, 6.45) is 0. The zero-order chi connectivity index (χ0) is 21.1. The molecule has 0 fully saturated rings. The Balaban J connectivity index is 1.83. The molecule has 30 heavy (non-hydrogen) atoms. The number of aryl methyl sites for hydroxylation is 2. The van der Waals surface area contributed by atoms with Crippen LogP contribution >= 0.6 is 0 Å². The van der Waals surface area contributed by atoms with Crippen LogP contribution in [0.3, 0.4) is 0 Å². The topological polar surface area (TPSA) is 57.4 Å². The van der Waals surface area contributed by atoms with E-state index in [0.29, 0.717) is 17.5 Å². The highest BCUT2D eigenvalue weighted by Gasteiger charge is 2.28. The number of carbonyl (C=O) groups is 1. The minimum absolute atomic E-state index is 0.154. The summed E-state index contributed by atoms with van der Waals surface area (Å²) in [4.78, 5) is 28.3. The van der Waals surface area contributed by atoms with Gasteiger partial charge >= 0.3 is 0 Å². The van der Waals surface area contributed by atoms with E-state index in [1.807, 2.05) is 92.7 Å². The van der Waals surface area contributed by atoms with E-state index in [9.17, 15) is 4.79 Å². The molecule has 1 amide bonds. The number of carbonyl (C=O) groups excluding carboxylic acids is 1. The third-order valence-corrected chi connectivity index (χ3v) is 4.74. The van der Waals surface area contributed by atoms with Gasteiger partial charge in [0.25, 0.3) is 0 Å². The molecule has 5 nitrogen and oxygen atoms in total. The van der Waals surface area contributed by atoms with Crippen LogP contribution in [0.5, 0.6) is 0 Å². The predicted octanol–water partition coefficient (Wildman–Crippen LogP) is 5.25. The molecule has 4 rings (SSSR count). The highest BCUT2D eigenvalue weighted by atomic mass is 16.2. The maximum absolute atomic E-state index is 12.6. The van der Waals surface area contributed by atoms with Gasteiger partial charge in [0, 0.05) is 12.5 Å². The lowest BCUT2D eigenvalue weighted by atomic mass is 10.2. The summed E-state index contributed by atoms with van der Waals surface area (Å²) in [6, 6.07) is 25.3. The van der Waals surface area contributed by atoms with Crippen molar-refractivity contribution in [2.45, 2.75) is 20.8 Å². The number of aliphatic imine (C=N–C) groups is 3. The predicted molar refractivity (Wildman–Crippen MR) is 123 cm³/mol. The second kappa shape index (κ2) is 8.25. The maximum Gasteiger partial charge on any atom is 0.229 e. The number of benzene rings is 3. The summed E-state index contributed by atoms with van der Waals surface area (Å²) < 4.78 is 0. The smallest absolute Gasteiger partial charge is 0.229 e. The van der Waals surface area contributed by atoms with Crippen LogP contribution in [-0.2, 0) is 4.79 Å². The van der Waals surface area contributed by atoms with Crippen LogP contribution < -0.4 is 4.90 Å². The molecule has 0 spiro atoms. The highest BCUT2D eigenvalue weighted by Crippen LogP contribution is 2.22. The van der Waals surface area contributed by atoms with Gasteiger partial charge in [0.2, 0.25) is 5.91 Å². The Labute approximate surface area is 176 Å². The van der Waals surface area contributed by atoms with Crippen LogP contribution in [0.15, 0.2) is 93.8 Å². The number of hydrogen-bond acceptors (Lipinski definition) is 3. The van der Waals surface area contributed by atoms with Crippen molar-refractivity contribution in [1.82, 2.24) is 0 Å². The van der Waals surface area contributed by atoms with E-state index in [0.717, 1.165) is 28.1 Å². The summed E-state index contributed by atoms with van der Waals surface area (Å²) in [5, 5.41) is 0. The number of anilines is 1. The van der Waals surface area contributed by atoms with Crippen LogP contribution in [0.2, 0.25) is 0 Å². The van der Waals surface area contributed by atoms with Crippen LogP contribution in [0.25, 0.3) is 0 Å². The van der Waals surface area contributed by atoms with E-state index in [2.05, 4.69) is 4.99 Å². The van der Waals surface area contributed by atoms with Gasteiger partial charge in [0.15, 0.2) is 17.5 Å². The first-order chi connectivity index (χ1) is 14.5. The Kier molecular flexibility index (Phi) is 5.35. The van der Waals surface area contributed by atoms with Crippen LogP contribution in [0, 0.1) is 13.8 Å². The first kappa shape index (κ1) is 19.5. The molecule has 0 aliphatic carbocycles. The van der Waals surface area contributed by atoms with E-state index >= 15 is 0 Å². The lowest BCUT2D eigenvalue weighted by Crippen LogP contribution is -2.38. The molecule has 0 saturated heterocycles. The summed E-state index contributed by atoms with van der Waals surface area (Å²) in [5.41, 5.74) is 4.63. The standard InChI is InChI=1S/C25H22N4O/c1-17-9-13-21(14-10-17)26-24-25(28-23(27-24)20-7-5-4-6-8-20)29(19(3)30)22-15-11-18(2)12-16-22/h4-16H,1-3H3. The quantitative estimate of drug-likeness (QED) is 0.599. The third kappa shape index (κ3) is 4.10. The van der Waals surface area contributed by atoms with Gasteiger partial charge in [-0.05, 0) is 38.1 Å². The van der Waals surface area contributed by atoms with E-state index in [1.54, 1.807) is 4.90 Å². The van der Waals surface area contributed by atoms with E-state index in [1.165, 1.54) is 6.92 Å². The fourth-order valence-electron chi connectivity index (χ4n) is 3.16. The zero-order valence-corrected chi connectivity index (χ0v) is 17.2. The van der Waals surface area contributed by atoms with Gasteiger partial charge in [-0.25, -0.2) is 15.0 Å². The molecule has 0 bridgehead atoms. The molecule has 1 aliphatic rings. The number of nitrogens with zero attached hydrogens (tertiary/aromatic N) is 4. The molecular weight excluding hydrogens is 372 g/mol. The minimum atomic E-state index is -0.154. The Morgan fingerprint density at radius 2 is 1.40 bits per heavy atom. The second-order valence-electron chi connectivity index (χ2n) is 7.20. The van der Waals surface area contributed by atoms with Crippen molar-refractivity contribution in [1.29, 1.82) is 0 Å². The van der Waals surface area contributed by atoms with Crippen molar-refractivity contribution in [3.05, 3.63) is 95.6 Å². The molecule has 0 radical (unpaired) electrons. The normalized spacial score (nSPS) is 14.4. The van der Waals surface area contributed by atoms with Crippen LogP contribution in [0.4, 0.5) is 11.4 Å². The van der Waals surface area contributed by atoms with Crippen molar-refractivity contribution < 1.29 is 4.79 Å². The Bertz CT molecular complexity index is 1160. The van der Waals surface area contributed by atoms with Crippen molar-refractivity contribution in [2.24, 2.45) is 15.0 Å². The molecule has 0 aromatic heterocycles. The van der Waals surface area contributed by atoms with Gasteiger partial charge in [-0.1, -0.05) is 65.7 Å². The van der Waals surface area contributed by atoms with Crippen LogP contribution in [-0.4, -0.2) is 23.4 Å². The number of amidine groups is 3. The molecular formula is C25H22N4O. The Morgan fingerprint density at radius 3 is 2.00 bits per heavy atom. The average Bonchev–Trinajstić information content (AvgIpc) is 3.15. The molecule has 1 heterocycles. The molecule has 3 aromatic carbocycles. The monoisotopic (exact) mass is 394 g/mol. The third-order valence-electron chi connectivity index (χ3n) is 4.74. The zero-order valence-electron chi connectivity index (χ0n) is 17.2. The summed E-state index contributed by atoms with van der Waals surface area (Å²) in [5.74, 6) is 1.22. The fraction of sp³-hybridized carbons (Fsp3) is 0.120. The molecule has 0 saturated carbocycles. The number of amides is 1. The second-order valence-corrected chi connectivity index (χ2v) is 7.20. The van der Waals surface area contributed by atoms with Crippen molar-refractivity contribution in [2.75, 3.05) is 4.90 Å². The van der Waals surface area contributed by atoms with E-state index < -0.39 is 0 Å². The summed E-state index contributed by atoms with van der Waals surface area (Å²) in [7, 11) is 0. The average molecular weight is 394 g/mol. The maximum atomic E-state index is 12.6. The van der Waals surface area contributed by atoms with Gasteiger partial charge in [0.05, 0.1) is 11.4 Å². The van der Waals surface area contributed by atoms with Gasteiger partial charge in [-0.15, -0.1) is 0 Å². The van der Waals surface area contributed by atoms with Gasteiger partial charge < -0.3 is 0 Å². The molecule has 3 aromatic rings. The summed E-state index contributed by atoms with van der Waals surface area (Å²) >= 11 is 0. The van der Waals surface area contributed by atoms with E-state index in [4.69, 9.17) is 9.98 Å². The molecule has 0 atom stereocenters. The Morgan fingerprint density at radius 1 is 0.800 bits per heavy atom. The SMILES string of the molecule is CC(=O)N(C1=NC(c2ccccc2)=NC1=Nc1ccc(C)cc1)c1ccc(C)cc1. The molecule has 5 heteroatoms. The lowest BCUT2D eigenvalue weighted by molar-refractivity contribution is -0.115.